The Morgan fingerprint density at radius 2 is 1.94 bits per heavy atom. The number of carbonyl (C=O) groups excluding carboxylic acids is 1. The molecule has 1 atom stereocenters. The minimum atomic E-state index is -2.97. The molecule has 32 heavy (non-hydrogen) atoms. The molecule has 0 spiro atoms. The van der Waals surface area contributed by atoms with Crippen LogP contribution in [0.15, 0.2) is 36.5 Å². The van der Waals surface area contributed by atoms with Gasteiger partial charge in [0.1, 0.15) is 12.2 Å². The maximum atomic E-state index is 15.0. The standard InChI is InChI=1S/C24H28F2N2O4/c1-23(2,3)32-22(29)28-10-9-24(25,26)20(12-28)17-11-27-21(19-15-30-14-18(17)19)31-13-16-7-5-4-6-8-16/h4-8,11,20H,9-10,12-15H2,1-3H3. The Hall–Kier alpha value is -2.74. The first-order chi connectivity index (χ1) is 15.1. The Bertz CT molecular complexity index is 976. The Balaban J connectivity index is 1.57. The number of likely N-dealkylation sites (tertiary alicyclic amines) is 1. The SMILES string of the molecule is CC(C)(C)OC(=O)N1CCC(F)(F)C(c2cnc(OCc3ccccc3)c3c2COC3)C1. The van der Waals surface area contributed by atoms with Gasteiger partial charge in [0, 0.05) is 31.3 Å². The molecule has 1 aromatic heterocycles. The summed E-state index contributed by atoms with van der Waals surface area (Å²) >= 11 is 0. The van der Waals surface area contributed by atoms with Gasteiger partial charge in [0.05, 0.1) is 19.1 Å². The molecule has 0 saturated carbocycles. The van der Waals surface area contributed by atoms with E-state index in [1.54, 1.807) is 20.8 Å². The van der Waals surface area contributed by atoms with E-state index in [2.05, 4.69) is 4.98 Å². The van der Waals surface area contributed by atoms with E-state index < -0.39 is 30.0 Å². The average molecular weight is 446 g/mol. The summed E-state index contributed by atoms with van der Waals surface area (Å²) < 4.78 is 46.8. The fourth-order valence-electron chi connectivity index (χ4n) is 4.03. The first-order valence-corrected chi connectivity index (χ1v) is 10.7. The molecule has 6 nitrogen and oxygen atoms in total. The Kier molecular flexibility index (Phi) is 6.07. The second kappa shape index (κ2) is 8.65. The highest BCUT2D eigenvalue weighted by Gasteiger charge is 2.48. The van der Waals surface area contributed by atoms with Gasteiger partial charge < -0.3 is 19.1 Å². The van der Waals surface area contributed by atoms with Crippen molar-refractivity contribution in [1.29, 1.82) is 0 Å². The minimum Gasteiger partial charge on any atom is -0.473 e. The topological polar surface area (TPSA) is 60.9 Å². The predicted molar refractivity (Wildman–Crippen MR) is 114 cm³/mol. The number of rotatable bonds is 4. The van der Waals surface area contributed by atoms with Crippen LogP contribution in [0.3, 0.4) is 0 Å². The third-order valence-corrected chi connectivity index (χ3v) is 5.66. The second-order valence-corrected chi connectivity index (χ2v) is 9.23. The van der Waals surface area contributed by atoms with Gasteiger partial charge in [-0.2, -0.15) is 0 Å². The van der Waals surface area contributed by atoms with Gasteiger partial charge in [-0.25, -0.2) is 18.6 Å². The number of nitrogens with zero attached hydrogens (tertiary/aromatic N) is 2. The predicted octanol–water partition coefficient (Wildman–Crippen LogP) is 5.05. The molecule has 2 aromatic rings. The first kappa shape index (κ1) is 22.5. The lowest BCUT2D eigenvalue weighted by atomic mass is 9.85. The second-order valence-electron chi connectivity index (χ2n) is 9.23. The molecule has 4 rings (SSSR count). The largest absolute Gasteiger partial charge is 0.473 e. The van der Waals surface area contributed by atoms with Crippen LogP contribution >= 0.6 is 0 Å². The molecule has 8 heteroatoms. The molecule has 1 unspecified atom stereocenters. The van der Waals surface area contributed by atoms with Gasteiger partial charge in [0.15, 0.2) is 0 Å². The number of hydrogen-bond acceptors (Lipinski definition) is 5. The van der Waals surface area contributed by atoms with Gasteiger partial charge in [-0.15, -0.1) is 0 Å². The summed E-state index contributed by atoms with van der Waals surface area (Å²) in [7, 11) is 0. The van der Waals surface area contributed by atoms with E-state index >= 15 is 0 Å². The summed E-state index contributed by atoms with van der Waals surface area (Å²) in [5, 5.41) is 0. The summed E-state index contributed by atoms with van der Waals surface area (Å²) in [6.45, 7) is 5.87. The Labute approximate surface area is 186 Å². The van der Waals surface area contributed by atoms with Crippen LogP contribution < -0.4 is 4.74 Å². The van der Waals surface area contributed by atoms with E-state index in [4.69, 9.17) is 14.2 Å². The van der Waals surface area contributed by atoms with Crippen LogP contribution in [0.25, 0.3) is 0 Å². The normalized spacial score (nSPS) is 20.0. The van der Waals surface area contributed by atoms with Crippen molar-refractivity contribution >= 4 is 6.09 Å². The van der Waals surface area contributed by atoms with Gasteiger partial charge in [0.2, 0.25) is 5.88 Å². The number of hydrogen-bond donors (Lipinski definition) is 0. The Morgan fingerprint density at radius 3 is 2.66 bits per heavy atom. The van der Waals surface area contributed by atoms with E-state index in [9.17, 15) is 13.6 Å². The molecule has 3 heterocycles. The summed E-state index contributed by atoms with van der Waals surface area (Å²) in [6, 6.07) is 9.65. The average Bonchev–Trinajstić information content (AvgIpc) is 3.22. The number of amides is 1. The van der Waals surface area contributed by atoms with Crippen molar-refractivity contribution in [1.82, 2.24) is 9.88 Å². The highest BCUT2D eigenvalue weighted by Crippen LogP contribution is 2.44. The van der Waals surface area contributed by atoms with Crippen molar-refractivity contribution in [2.45, 2.75) is 64.5 Å². The maximum Gasteiger partial charge on any atom is 0.410 e. The van der Waals surface area contributed by atoms with Crippen molar-refractivity contribution in [3.05, 3.63) is 58.8 Å². The summed E-state index contributed by atoms with van der Waals surface area (Å²) in [6.07, 6.45) is 0.436. The lowest BCUT2D eigenvalue weighted by Crippen LogP contribution is -2.49. The van der Waals surface area contributed by atoms with E-state index in [1.807, 2.05) is 30.3 Å². The molecular formula is C24H28F2N2O4. The van der Waals surface area contributed by atoms with E-state index in [0.29, 0.717) is 29.2 Å². The number of carbonyl (C=O) groups is 1. The summed E-state index contributed by atoms with van der Waals surface area (Å²) in [4.78, 5) is 18.2. The quantitative estimate of drug-likeness (QED) is 0.658. The lowest BCUT2D eigenvalue weighted by Gasteiger charge is -2.39. The van der Waals surface area contributed by atoms with Crippen LogP contribution in [0.4, 0.5) is 13.6 Å². The van der Waals surface area contributed by atoms with Crippen molar-refractivity contribution in [3.63, 3.8) is 0 Å². The van der Waals surface area contributed by atoms with Crippen molar-refractivity contribution in [2.75, 3.05) is 13.1 Å². The molecule has 1 aromatic carbocycles. The number of ether oxygens (including phenoxy) is 3. The minimum absolute atomic E-state index is 0.0528. The number of aromatic nitrogens is 1. The molecular weight excluding hydrogens is 418 g/mol. The van der Waals surface area contributed by atoms with Gasteiger partial charge in [-0.3, -0.25) is 0 Å². The van der Waals surface area contributed by atoms with Crippen LogP contribution in [-0.2, 0) is 29.3 Å². The van der Waals surface area contributed by atoms with E-state index in [0.717, 1.165) is 5.56 Å². The molecule has 1 fully saturated rings. The number of benzene rings is 1. The van der Waals surface area contributed by atoms with Crippen LogP contribution in [0.2, 0.25) is 0 Å². The van der Waals surface area contributed by atoms with Gasteiger partial charge in [0.25, 0.3) is 5.92 Å². The number of alkyl halides is 2. The number of fused-ring (bicyclic) bond motifs is 1. The maximum absolute atomic E-state index is 15.0. The highest BCUT2D eigenvalue weighted by atomic mass is 19.3. The third kappa shape index (κ3) is 4.85. The lowest BCUT2D eigenvalue weighted by molar-refractivity contribution is -0.0775. The molecule has 0 N–H and O–H groups in total. The van der Waals surface area contributed by atoms with E-state index in [1.165, 1.54) is 11.1 Å². The van der Waals surface area contributed by atoms with Crippen LogP contribution in [-0.4, -0.2) is 40.6 Å². The summed E-state index contributed by atoms with van der Waals surface area (Å²) in [5.74, 6) is -3.76. The molecule has 1 saturated heterocycles. The first-order valence-electron chi connectivity index (χ1n) is 10.7. The van der Waals surface area contributed by atoms with Crippen LogP contribution in [0.5, 0.6) is 5.88 Å². The monoisotopic (exact) mass is 446 g/mol. The smallest absolute Gasteiger partial charge is 0.410 e. The molecule has 0 radical (unpaired) electrons. The fraction of sp³-hybridized carbons (Fsp3) is 0.500. The van der Waals surface area contributed by atoms with Gasteiger partial charge >= 0.3 is 6.09 Å². The molecule has 1 amide bonds. The number of pyridine rings is 1. The molecule has 2 aliphatic rings. The highest BCUT2D eigenvalue weighted by molar-refractivity contribution is 5.68. The zero-order chi connectivity index (χ0) is 22.9. The molecule has 2 aliphatic heterocycles. The zero-order valence-corrected chi connectivity index (χ0v) is 18.6. The van der Waals surface area contributed by atoms with Crippen LogP contribution in [0.1, 0.15) is 55.4 Å². The van der Waals surface area contributed by atoms with Crippen molar-refractivity contribution in [3.8, 4) is 5.88 Å². The van der Waals surface area contributed by atoms with Gasteiger partial charge in [-0.05, 0) is 37.5 Å². The molecule has 0 bridgehead atoms. The summed E-state index contributed by atoms with van der Waals surface area (Å²) in [5.41, 5.74) is 2.07. The molecule has 0 aliphatic carbocycles. The zero-order valence-electron chi connectivity index (χ0n) is 18.6. The Morgan fingerprint density at radius 1 is 1.22 bits per heavy atom. The third-order valence-electron chi connectivity index (χ3n) is 5.66. The van der Waals surface area contributed by atoms with E-state index in [-0.39, 0.29) is 26.3 Å². The molecule has 172 valence electrons. The van der Waals surface area contributed by atoms with Crippen LogP contribution in [0, 0.1) is 0 Å². The number of piperidine rings is 1. The van der Waals surface area contributed by atoms with Gasteiger partial charge in [-0.1, -0.05) is 30.3 Å². The fourth-order valence-corrected chi connectivity index (χ4v) is 4.03. The number of halogens is 2. The van der Waals surface area contributed by atoms with Crippen molar-refractivity contribution < 1.29 is 27.8 Å². The van der Waals surface area contributed by atoms with Crippen molar-refractivity contribution in [2.24, 2.45) is 0 Å².